The molecule has 21 heavy (non-hydrogen) atoms. The van der Waals surface area contributed by atoms with E-state index in [0.29, 0.717) is 5.69 Å². The van der Waals surface area contributed by atoms with Crippen LogP contribution < -0.4 is 10.9 Å². The second-order valence-electron chi connectivity index (χ2n) is 4.75. The van der Waals surface area contributed by atoms with Crippen molar-refractivity contribution >= 4 is 32.7 Å². The third-order valence-corrected chi connectivity index (χ3v) is 3.98. The van der Waals surface area contributed by atoms with Gasteiger partial charge < -0.3 is 9.88 Å². The number of para-hydroxylation sites is 2. The van der Waals surface area contributed by atoms with E-state index in [0.717, 1.165) is 26.8 Å². The first-order valence-electron chi connectivity index (χ1n) is 6.55. The van der Waals surface area contributed by atoms with Crippen molar-refractivity contribution in [2.45, 2.75) is 0 Å². The first-order valence-corrected chi connectivity index (χ1v) is 7.34. The van der Waals surface area contributed by atoms with Gasteiger partial charge in [-0.3, -0.25) is 4.79 Å². The second kappa shape index (κ2) is 5.33. The van der Waals surface area contributed by atoms with Gasteiger partial charge in [0.05, 0.1) is 11.0 Å². The summed E-state index contributed by atoms with van der Waals surface area (Å²) < 4.78 is 2.59. The number of halogens is 1. The van der Waals surface area contributed by atoms with Crippen LogP contribution in [0.15, 0.2) is 51.7 Å². The molecule has 0 aliphatic carbocycles. The molecule has 0 bridgehead atoms. The lowest BCUT2D eigenvalue weighted by Gasteiger charge is -2.11. The van der Waals surface area contributed by atoms with Gasteiger partial charge in [-0.05, 0) is 30.3 Å². The summed E-state index contributed by atoms with van der Waals surface area (Å²) in [7, 11) is 3.60. The van der Waals surface area contributed by atoms with Crippen LogP contribution in [-0.4, -0.2) is 16.6 Å². The van der Waals surface area contributed by atoms with Crippen LogP contribution in [0, 0.1) is 0 Å². The predicted octanol–water partition coefficient (Wildman–Crippen LogP) is 3.40. The molecule has 1 aromatic heterocycles. The highest BCUT2D eigenvalue weighted by atomic mass is 79.9. The average Bonchev–Trinajstić information content (AvgIpc) is 2.51. The number of anilines is 1. The molecular weight excluding hydrogens is 330 g/mol. The Labute approximate surface area is 130 Å². The second-order valence-corrected chi connectivity index (χ2v) is 5.67. The molecule has 2 aromatic carbocycles. The van der Waals surface area contributed by atoms with Gasteiger partial charge in [0, 0.05) is 29.8 Å². The smallest absolute Gasteiger partial charge is 0.277 e. The van der Waals surface area contributed by atoms with Crippen molar-refractivity contribution in [1.29, 1.82) is 0 Å². The van der Waals surface area contributed by atoms with Crippen LogP contribution >= 0.6 is 15.9 Å². The minimum atomic E-state index is -0.104. The molecule has 0 saturated carbocycles. The average molecular weight is 344 g/mol. The molecule has 0 amide bonds. The standard InChI is InChI=1S/C16H14BrN3O/c1-18-13-9-10(17)7-8-11(13)15-16(21)20(2)14-6-4-3-5-12(14)19-15/h3-9,18H,1-2H3. The molecule has 1 heterocycles. The normalized spacial score (nSPS) is 10.8. The summed E-state index contributed by atoms with van der Waals surface area (Å²) in [5, 5.41) is 3.11. The summed E-state index contributed by atoms with van der Waals surface area (Å²) >= 11 is 3.44. The van der Waals surface area contributed by atoms with Crippen molar-refractivity contribution in [2.75, 3.05) is 12.4 Å². The van der Waals surface area contributed by atoms with Crippen molar-refractivity contribution in [3.8, 4) is 11.3 Å². The first-order chi connectivity index (χ1) is 10.1. The highest BCUT2D eigenvalue weighted by Crippen LogP contribution is 2.28. The van der Waals surface area contributed by atoms with Crippen LogP contribution in [0.2, 0.25) is 0 Å². The highest BCUT2D eigenvalue weighted by molar-refractivity contribution is 9.10. The molecule has 0 atom stereocenters. The molecule has 0 unspecified atom stereocenters. The zero-order chi connectivity index (χ0) is 15.0. The van der Waals surface area contributed by atoms with Crippen LogP contribution in [0.5, 0.6) is 0 Å². The number of aromatic nitrogens is 2. The summed E-state index contributed by atoms with van der Waals surface area (Å²) in [4.78, 5) is 17.2. The van der Waals surface area contributed by atoms with Gasteiger partial charge in [-0.2, -0.15) is 0 Å². The summed E-state index contributed by atoms with van der Waals surface area (Å²) in [6.45, 7) is 0. The van der Waals surface area contributed by atoms with E-state index >= 15 is 0 Å². The maximum Gasteiger partial charge on any atom is 0.277 e. The van der Waals surface area contributed by atoms with Crippen LogP contribution in [0.25, 0.3) is 22.3 Å². The van der Waals surface area contributed by atoms with Crippen molar-refractivity contribution in [1.82, 2.24) is 9.55 Å². The van der Waals surface area contributed by atoms with E-state index < -0.39 is 0 Å². The number of nitrogens with zero attached hydrogens (tertiary/aromatic N) is 2. The maximum absolute atomic E-state index is 12.6. The number of benzene rings is 2. The van der Waals surface area contributed by atoms with E-state index in [2.05, 4.69) is 26.2 Å². The number of fused-ring (bicyclic) bond motifs is 1. The van der Waals surface area contributed by atoms with Crippen LogP contribution in [-0.2, 0) is 7.05 Å². The Morgan fingerprint density at radius 1 is 1.19 bits per heavy atom. The molecule has 4 nitrogen and oxygen atoms in total. The molecular formula is C16H14BrN3O. The van der Waals surface area contributed by atoms with E-state index in [4.69, 9.17) is 0 Å². The van der Waals surface area contributed by atoms with Crippen LogP contribution in [0.1, 0.15) is 0 Å². The summed E-state index contributed by atoms with van der Waals surface area (Å²) in [5.41, 5.74) is 3.64. The molecule has 0 saturated heterocycles. The van der Waals surface area contributed by atoms with E-state index in [-0.39, 0.29) is 5.56 Å². The summed E-state index contributed by atoms with van der Waals surface area (Å²) in [6.07, 6.45) is 0. The minimum absolute atomic E-state index is 0.104. The number of hydrogen-bond acceptors (Lipinski definition) is 3. The Balaban J connectivity index is 2.36. The number of aryl methyl sites for hydroxylation is 1. The summed E-state index contributed by atoms with van der Waals surface area (Å²) in [5.74, 6) is 0. The van der Waals surface area contributed by atoms with E-state index in [1.807, 2.05) is 49.5 Å². The lowest BCUT2D eigenvalue weighted by atomic mass is 10.1. The van der Waals surface area contributed by atoms with E-state index in [9.17, 15) is 4.79 Å². The molecule has 0 radical (unpaired) electrons. The van der Waals surface area contributed by atoms with Crippen LogP contribution in [0.4, 0.5) is 5.69 Å². The Morgan fingerprint density at radius 3 is 2.71 bits per heavy atom. The van der Waals surface area contributed by atoms with Gasteiger partial charge in [-0.15, -0.1) is 0 Å². The Morgan fingerprint density at radius 2 is 1.95 bits per heavy atom. The van der Waals surface area contributed by atoms with Crippen LogP contribution in [0.3, 0.4) is 0 Å². The fraction of sp³-hybridized carbons (Fsp3) is 0.125. The molecule has 5 heteroatoms. The Bertz CT molecular complexity index is 886. The quantitative estimate of drug-likeness (QED) is 0.775. The van der Waals surface area contributed by atoms with Gasteiger partial charge in [0.25, 0.3) is 5.56 Å². The highest BCUT2D eigenvalue weighted by Gasteiger charge is 2.13. The van der Waals surface area contributed by atoms with Gasteiger partial charge in [0.1, 0.15) is 5.69 Å². The largest absolute Gasteiger partial charge is 0.388 e. The molecule has 0 aliphatic heterocycles. The molecule has 3 rings (SSSR count). The third-order valence-electron chi connectivity index (χ3n) is 3.49. The minimum Gasteiger partial charge on any atom is -0.388 e. The molecule has 0 spiro atoms. The van der Waals surface area contributed by atoms with Gasteiger partial charge in [-0.25, -0.2) is 4.98 Å². The van der Waals surface area contributed by atoms with Gasteiger partial charge in [0.15, 0.2) is 0 Å². The van der Waals surface area contributed by atoms with Crippen molar-refractivity contribution in [3.63, 3.8) is 0 Å². The number of rotatable bonds is 2. The van der Waals surface area contributed by atoms with E-state index in [1.54, 1.807) is 11.6 Å². The van der Waals surface area contributed by atoms with Gasteiger partial charge in [-0.1, -0.05) is 28.1 Å². The van der Waals surface area contributed by atoms with Crippen molar-refractivity contribution in [3.05, 3.63) is 57.3 Å². The first kappa shape index (κ1) is 13.8. The maximum atomic E-state index is 12.6. The molecule has 0 aliphatic rings. The fourth-order valence-electron chi connectivity index (χ4n) is 2.38. The fourth-order valence-corrected chi connectivity index (χ4v) is 2.75. The molecule has 3 aromatic rings. The van der Waals surface area contributed by atoms with E-state index in [1.165, 1.54) is 0 Å². The topological polar surface area (TPSA) is 46.9 Å². The molecule has 106 valence electrons. The van der Waals surface area contributed by atoms with Gasteiger partial charge >= 0.3 is 0 Å². The summed E-state index contributed by atoms with van der Waals surface area (Å²) in [6, 6.07) is 13.4. The number of nitrogens with one attached hydrogen (secondary N) is 1. The zero-order valence-electron chi connectivity index (χ0n) is 11.7. The van der Waals surface area contributed by atoms with Crippen molar-refractivity contribution in [2.24, 2.45) is 7.05 Å². The number of hydrogen-bond donors (Lipinski definition) is 1. The lowest BCUT2D eigenvalue weighted by molar-refractivity contribution is 0.896. The molecule has 1 N–H and O–H groups in total. The Hall–Kier alpha value is -2.14. The SMILES string of the molecule is CNc1cc(Br)ccc1-c1nc2ccccc2n(C)c1=O. The molecule has 0 fully saturated rings. The lowest BCUT2D eigenvalue weighted by Crippen LogP contribution is -2.21. The third kappa shape index (κ3) is 2.34. The monoisotopic (exact) mass is 343 g/mol. The Kier molecular flexibility index (Phi) is 3.51. The van der Waals surface area contributed by atoms with Gasteiger partial charge in [0.2, 0.25) is 0 Å². The predicted molar refractivity (Wildman–Crippen MR) is 89.7 cm³/mol. The zero-order valence-corrected chi connectivity index (χ0v) is 13.3. The van der Waals surface area contributed by atoms with Crippen molar-refractivity contribution < 1.29 is 0 Å².